The maximum absolute atomic E-state index is 11.6. The molecule has 4 nitrogen and oxygen atoms in total. The number of esters is 1. The molecule has 1 aromatic rings. The Morgan fingerprint density at radius 3 is 2.94 bits per heavy atom. The van der Waals surface area contributed by atoms with E-state index >= 15 is 0 Å². The van der Waals surface area contributed by atoms with E-state index in [-0.39, 0.29) is 17.1 Å². The van der Waals surface area contributed by atoms with Gasteiger partial charge in [-0.05, 0) is 36.9 Å². The highest BCUT2D eigenvalue weighted by atomic mass is 32.2. The van der Waals surface area contributed by atoms with Gasteiger partial charge in [0.05, 0.1) is 12.2 Å². The van der Waals surface area contributed by atoms with Gasteiger partial charge < -0.3 is 10.1 Å². The van der Waals surface area contributed by atoms with Gasteiger partial charge in [-0.25, -0.2) is 4.79 Å². The fraction of sp³-hybridized carbons (Fsp3) is 0.333. The number of amides is 1. The molecular formula is C12H13NO3S. The van der Waals surface area contributed by atoms with Crippen molar-refractivity contribution in [2.75, 3.05) is 18.2 Å². The summed E-state index contributed by atoms with van der Waals surface area (Å²) in [6, 6.07) is 5.14. The molecular weight excluding hydrogens is 238 g/mol. The molecule has 0 fully saturated rings. The lowest BCUT2D eigenvalue weighted by Crippen LogP contribution is -2.08. The van der Waals surface area contributed by atoms with Gasteiger partial charge in [-0.15, -0.1) is 11.8 Å². The Balaban J connectivity index is 2.34. The molecule has 0 radical (unpaired) electrons. The van der Waals surface area contributed by atoms with E-state index in [1.165, 1.54) is 11.8 Å². The quantitative estimate of drug-likeness (QED) is 0.837. The Kier molecular flexibility index (Phi) is 3.38. The largest absolute Gasteiger partial charge is 0.462 e. The zero-order chi connectivity index (χ0) is 12.4. The highest BCUT2D eigenvalue weighted by molar-refractivity contribution is 7.99. The van der Waals surface area contributed by atoms with Crippen molar-refractivity contribution in [1.82, 2.24) is 0 Å². The minimum absolute atomic E-state index is 0.0338. The molecule has 1 amide bonds. The smallest absolute Gasteiger partial charge is 0.338 e. The van der Waals surface area contributed by atoms with Crippen LogP contribution in [0.2, 0.25) is 0 Å². The second kappa shape index (κ2) is 4.79. The summed E-state index contributed by atoms with van der Waals surface area (Å²) in [4.78, 5) is 23.2. The topological polar surface area (TPSA) is 55.4 Å². The van der Waals surface area contributed by atoms with Gasteiger partial charge in [0.15, 0.2) is 0 Å². The molecule has 0 saturated heterocycles. The summed E-state index contributed by atoms with van der Waals surface area (Å²) in [7, 11) is 0. The van der Waals surface area contributed by atoms with Crippen molar-refractivity contribution < 1.29 is 14.3 Å². The fourth-order valence-corrected chi connectivity index (χ4v) is 2.53. The molecule has 17 heavy (non-hydrogen) atoms. The number of anilines is 1. The molecule has 0 spiro atoms. The normalized spacial score (nSPS) is 17.5. The monoisotopic (exact) mass is 251 g/mol. The first-order valence-electron chi connectivity index (χ1n) is 5.32. The first kappa shape index (κ1) is 12.0. The highest BCUT2D eigenvalue weighted by Crippen LogP contribution is 2.39. The summed E-state index contributed by atoms with van der Waals surface area (Å²) in [6.07, 6.45) is 1.87. The molecule has 1 heterocycles. The number of ether oxygens (including phenoxy) is 1. The standard InChI is InChI=1S/C12H13NO3S/c1-3-16-12(15)7-4-5-9-8(6-7)10(17-2)11(14)13-9/h4-6,10H,3H2,1-2H3,(H,13,14). The molecule has 1 aliphatic rings. The first-order chi connectivity index (χ1) is 8.17. The number of nitrogens with one attached hydrogen (secondary N) is 1. The van der Waals surface area contributed by atoms with E-state index in [0.717, 1.165) is 11.3 Å². The van der Waals surface area contributed by atoms with Crippen LogP contribution in [-0.4, -0.2) is 24.7 Å². The van der Waals surface area contributed by atoms with Crippen LogP contribution in [0, 0.1) is 0 Å². The summed E-state index contributed by atoms with van der Waals surface area (Å²) in [6.45, 7) is 2.11. The Morgan fingerprint density at radius 1 is 1.53 bits per heavy atom. The molecule has 0 aromatic heterocycles. The van der Waals surface area contributed by atoms with E-state index in [1.807, 2.05) is 6.26 Å². The van der Waals surface area contributed by atoms with Gasteiger partial charge in [0.2, 0.25) is 5.91 Å². The van der Waals surface area contributed by atoms with Crippen molar-refractivity contribution in [2.24, 2.45) is 0 Å². The third kappa shape index (κ3) is 2.15. The second-order valence-electron chi connectivity index (χ2n) is 3.63. The van der Waals surface area contributed by atoms with E-state index in [1.54, 1.807) is 25.1 Å². The Bertz CT molecular complexity index is 473. The van der Waals surface area contributed by atoms with Gasteiger partial charge in [-0.2, -0.15) is 0 Å². The van der Waals surface area contributed by atoms with E-state index in [4.69, 9.17) is 4.74 Å². The molecule has 1 aliphatic heterocycles. The number of benzene rings is 1. The van der Waals surface area contributed by atoms with Gasteiger partial charge in [0, 0.05) is 5.69 Å². The van der Waals surface area contributed by atoms with Crippen molar-refractivity contribution in [3.05, 3.63) is 29.3 Å². The minimum Gasteiger partial charge on any atom is -0.462 e. The van der Waals surface area contributed by atoms with Crippen LogP contribution in [-0.2, 0) is 9.53 Å². The molecule has 90 valence electrons. The number of hydrogen-bond donors (Lipinski definition) is 1. The van der Waals surface area contributed by atoms with Crippen LogP contribution in [0.15, 0.2) is 18.2 Å². The van der Waals surface area contributed by atoms with Crippen LogP contribution >= 0.6 is 11.8 Å². The first-order valence-corrected chi connectivity index (χ1v) is 6.61. The van der Waals surface area contributed by atoms with E-state index < -0.39 is 0 Å². The lowest BCUT2D eigenvalue weighted by atomic mass is 10.1. The Hall–Kier alpha value is -1.49. The zero-order valence-corrected chi connectivity index (χ0v) is 10.5. The molecule has 0 saturated carbocycles. The average Bonchev–Trinajstić information content (AvgIpc) is 2.63. The number of carbonyl (C=O) groups excluding carboxylic acids is 2. The van der Waals surface area contributed by atoms with Crippen molar-refractivity contribution in [3.63, 3.8) is 0 Å². The molecule has 0 aliphatic carbocycles. The predicted octanol–water partition coefficient (Wildman–Crippen LogP) is 2.22. The van der Waals surface area contributed by atoms with Crippen LogP contribution < -0.4 is 5.32 Å². The molecule has 1 atom stereocenters. The summed E-state index contributed by atoms with van der Waals surface area (Å²) < 4.78 is 4.93. The SMILES string of the molecule is CCOC(=O)c1ccc2c(c1)C(SC)C(=O)N2. The van der Waals surface area contributed by atoms with Gasteiger partial charge in [-0.1, -0.05) is 0 Å². The predicted molar refractivity (Wildman–Crippen MR) is 67.3 cm³/mol. The van der Waals surface area contributed by atoms with E-state index in [9.17, 15) is 9.59 Å². The van der Waals surface area contributed by atoms with Crippen LogP contribution in [0.3, 0.4) is 0 Å². The number of rotatable bonds is 3. The summed E-state index contributed by atoms with van der Waals surface area (Å²) in [5, 5.41) is 2.55. The van der Waals surface area contributed by atoms with Crippen LogP contribution in [0.1, 0.15) is 28.1 Å². The third-order valence-corrected chi connectivity index (χ3v) is 3.52. The molecule has 2 rings (SSSR count). The van der Waals surface area contributed by atoms with Crippen molar-refractivity contribution in [2.45, 2.75) is 12.2 Å². The number of hydrogen-bond acceptors (Lipinski definition) is 4. The molecule has 0 bridgehead atoms. The summed E-state index contributed by atoms with van der Waals surface area (Å²) in [5.74, 6) is -0.386. The lowest BCUT2D eigenvalue weighted by molar-refractivity contribution is -0.115. The van der Waals surface area contributed by atoms with Crippen molar-refractivity contribution in [1.29, 1.82) is 0 Å². The Labute approximate surface area is 104 Å². The molecule has 1 unspecified atom stereocenters. The molecule has 5 heteroatoms. The number of fused-ring (bicyclic) bond motifs is 1. The van der Waals surface area contributed by atoms with E-state index in [0.29, 0.717) is 12.2 Å². The summed E-state index contributed by atoms with van der Waals surface area (Å²) in [5.41, 5.74) is 2.12. The lowest BCUT2D eigenvalue weighted by Gasteiger charge is -2.06. The zero-order valence-electron chi connectivity index (χ0n) is 9.65. The number of carbonyl (C=O) groups is 2. The average molecular weight is 251 g/mol. The van der Waals surface area contributed by atoms with Crippen LogP contribution in [0.25, 0.3) is 0 Å². The van der Waals surface area contributed by atoms with Gasteiger partial charge in [0.25, 0.3) is 0 Å². The van der Waals surface area contributed by atoms with Gasteiger partial charge in [0.1, 0.15) is 5.25 Å². The second-order valence-corrected chi connectivity index (χ2v) is 4.57. The fourth-order valence-electron chi connectivity index (χ4n) is 1.81. The van der Waals surface area contributed by atoms with Crippen LogP contribution in [0.4, 0.5) is 5.69 Å². The van der Waals surface area contributed by atoms with Gasteiger partial charge >= 0.3 is 5.97 Å². The van der Waals surface area contributed by atoms with Gasteiger partial charge in [-0.3, -0.25) is 4.79 Å². The maximum atomic E-state index is 11.6. The maximum Gasteiger partial charge on any atom is 0.338 e. The Morgan fingerprint density at radius 2 is 2.29 bits per heavy atom. The molecule has 1 aromatic carbocycles. The van der Waals surface area contributed by atoms with Crippen molar-refractivity contribution >= 4 is 29.3 Å². The highest BCUT2D eigenvalue weighted by Gasteiger charge is 2.30. The summed E-state index contributed by atoms with van der Waals surface area (Å²) >= 11 is 1.45. The van der Waals surface area contributed by atoms with Crippen LogP contribution in [0.5, 0.6) is 0 Å². The number of thioether (sulfide) groups is 1. The minimum atomic E-state index is -0.352. The third-order valence-electron chi connectivity index (χ3n) is 2.58. The molecule has 1 N–H and O–H groups in total. The van der Waals surface area contributed by atoms with Crippen molar-refractivity contribution in [3.8, 4) is 0 Å². The van der Waals surface area contributed by atoms with E-state index in [2.05, 4.69) is 5.32 Å².